The highest BCUT2D eigenvalue weighted by molar-refractivity contribution is 7.98. The Morgan fingerprint density at radius 1 is 1.17 bits per heavy atom. The molecule has 0 bridgehead atoms. The van der Waals surface area contributed by atoms with E-state index in [0.717, 1.165) is 10.7 Å². The summed E-state index contributed by atoms with van der Waals surface area (Å²) in [5, 5.41) is 5.95. The Labute approximate surface area is 170 Å². The zero-order valence-electron chi connectivity index (χ0n) is 15.4. The number of primary sulfonamides is 1. The number of fused-ring (bicyclic) bond motifs is 1. The van der Waals surface area contributed by atoms with Crippen molar-refractivity contribution in [2.75, 3.05) is 0 Å². The van der Waals surface area contributed by atoms with E-state index in [-0.39, 0.29) is 10.7 Å². The first-order valence-electron chi connectivity index (χ1n) is 8.71. The van der Waals surface area contributed by atoms with Crippen molar-refractivity contribution in [2.24, 2.45) is 5.14 Å². The first kappa shape index (κ1) is 19.6. The number of aryl methyl sites for hydroxylation is 1. The lowest BCUT2D eigenvalue weighted by Crippen LogP contribution is -2.11. The average molecular weight is 433 g/mol. The number of halogens is 1. The van der Waals surface area contributed by atoms with Gasteiger partial charge >= 0.3 is 0 Å². The highest BCUT2D eigenvalue weighted by Gasteiger charge is 2.15. The molecular formula is C19H17FN4O3S2. The Bertz CT molecular complexity index is 1280. The Morgan fingerprint density at radius 3 is 2.62 bits per heavy atom. The monoisotopic (exact) mass is 432 g/mol. The molecule has 0 aliphatic carbocycles. The fraction of sp³-hybridized carbons (Fsp3) is 0.158. The minimum atomic E-state index is -3.79. The lowest BCUT2D eigenvalue weighted by Gasteiger charge is -2.04. The molecule has 0 unspecified atom stereocenters. The maximum Gasteiger partial charge on any atom is 0.238 e. The van der Waals surface area contributed by atoms with Crippen LogP contribution in [-0.4, -0.2) is 23.0 Å². The van der Waals surface area contributed by atoms with Crippen LogP contribution in [0.5, 0.6) is 0 Å². The first-order valence-corrected chi connectivity index (χ1v) is 11.2. The molecule has 150 valence electrons. The van der Waals surface area contributed by atoms with Gasteiger partial charge in [-0.05, 0) is 49.4 Å². The molecule has 4 aromatic rings. The predicted molar refractivity (Wildman–Crippen MR) is 108 cm³/mol. The molecular weight excluding hydrogens is 415 g/mol. The molecule has 4 rings (SSSR count). The van der Waals surface area contributed by atoms with Gasteiger partial charge in [0.15, 0.2) is 5.16 Å². The summed E-state index contributed by atoms with van der Waals surface area (Å²) in [5.41, 5.74) is 2.80. The highest BCUT2D eigenvalue weighted by atomic mass is 32.2. The van der Waals surface area contributed by atoms with Gasteiger partial charge in [-0.2, -0.15) is 0 Å². The van der Waals surface area contributed by atoms with E-state index in [1.165, 1.54) is 36.0 Å². The first-order chi connectivity index (χ1) is 13.8. The van der Waals surface area contributed by atoms with E-state index in [1.807, 2.05) is 11.5 Å². The summed E-state index contributed by atoms with van der Waals surface area (Å²) in [5.74, 6) is 0.610. The summed E-state index contributed by atoms with van der Waals surface area (Å²) < 4.78 is 43.7. The van der Waals surface area contributed by atoms with Gasteiger partial charge in [0.05, 0.1) is 21.6 Å². The molecule has 0 radical (unpaired) electrons. The van der Waals surface area contributed by atoms with Crippen molar-refractivity contribution in [1.82, 2.24) is 14.5 Å². The van der Waals surface area contributed by atoms with Crippen LogP contribution < -0.4 is 5.14 Å². The lowest BCUT2D eigenvalue weighted by molar-refractivity contribution is 0.572. The van der Waals surface area contributed by atoms with Gasteiger partial charge in [0.25, 0.3) is 0 Å². The van der Waals surface area contributed by atoms with Crippen molar-refractivity contribution in [3.8, 4) is 11.5 Å². The third-order valence-electron chi connectivity index (χ3n) is 4.32. The molecule has 2 aromatic carbocycles. The molecule has 0 aliphatic rings. The number of thioether (sulfide) groups is 1. The van der Waals surface area contributed by atoms with Crippen molar-refractivity contribution >= 4 is 32.8 Å². The second kappa shape index (κ2) is 7.62. The van der Waals surface area contributed by atoms with Crippen molar-refractivity contribution in [1.29, 1.82) is 0 Å². The van der Waals surface area contributed by atoms with Crippen molar-refractivity contribution in [3.05, 3.63) is 60.2 Å². The van der Waals surface area contributed by atoms with E-state index in [2.05, 4.69) is 9.97 Å². The molecule has 0 fully saturated rings. The molecule has 7 nitrogen and oxygen atoms in total. The van der Waals surface area contributed by atoms with Crippen LogP contribution in [0.2, 0.25) is 0 Å². The minimum Gasteiger partial charge on any atom is -0.444 e. The van der Waals surface area contributed by atoms with Crippen LogP contribution >= 0.6 is 11.8 Å². The number of oxazole rings is 1. The van der Waals surface area contributed by atoms with Gasteiger partial charge in [0.2, 0.25) is 15.9 Å². The highest BCUT2D eigenvalue weighted by Crippen LogP contribution is 2.29. The van der Waals surface area contributed by atoms with Crippen LogP contribution in [0.1, 0.15) is 12.6 Å². The maximum atomic E-state index is 13.1. The standard InChI is InChI=1S/C19H17FN4O3S2/c1-2-24-17-8-7-15(29(21,25)26)9-16(17)23-19(24)28-11-14-10-27-18(22-14)12-3-5-13(20)6-4-12/h3-10H,2,11H2,1H3,(H2,21,25,26). The number of nitrogens with two attached hydrogens (primary N) is 1. The summed E-state index contributed by atoms with van der Waals surface area (Å²) in [4.78, 5) is 9.02. The molecule has 0 saturated heterocycles. The van der Waals surface area contributed by atoms with E-state index in [1.54, 1.807) is 24.5 Å². The number of nitrogens with zero attached hydrogens (tertiary/aromatic N) is 3. The summed E-state index contributed by atoms with van der Waals surface area (Å²) in [6.07, 6.45) is 1.56. The molecule has 0 spiro atoms. The van der Waals surface area contributed by atoms with Crippen molar-refractivity contribution < 1.29 is 17.2 Å². The van der Waals surface area contributed by atoms with Gasteiger partial charge in [-0.3, -0.25) is 0 Å². The Hall–Kier alpha value is -2.69. The maximum absolute atomic E-state index is 13.1. The van der Waals surface area contributed by atoms with Gasteiger partial charge in [-0.15, -0.1) is 0 Å². The second-order valence-corrected chi connectivity index (χ2v) is 8.78. The van der Waals surface area contributed by atoms with Crippen LogP contribution in [0.25, 0.3) is 22.5 Å². The molecule has 2 heterocycles. The van der Waals surface area contributed by atoms with Gasteiger partial charge in [-0.25, -0.2) is 27.9 Å². The van der Waals surface area contributed by atoms with Gasteiger partial charge in [0, 0.05) is 17.9 Å². The SMILES string of the molecule is CCn1c(SCc2coc(-c3ccc(F)cc3)n2)nc2cc(S(N)(=O)=O)ccc21. The van der Waals surface area contributed by atoms with Crippen molar-refractivity contribution in [2.45, 2.75) is 29.3 Å². The molecule has 2 aromatic heterocycles. The molecule has 0 aliphatic heterocycles. The molecule has 0 atom stereocenters. The number of aromatic nitrogens is 3. The second-order valence-electron chi connectivity index (χ2n) is 6.27. The molecule has 0 saturated carbocycles. The number of hydrogen-bond acceptors (Lipinski definition) is 6. The number of imidazole rings is 1. The molecule has 10 heteroatoms. The van der Waals surface area contributed by atoms with E-state index in [0.29, 0.717) is 35.0 Å². The summed E-state index contributed by atoms with van der Waals surface area (Å²) in [7, 11) is -3.79. The van der Waals surface area contributed by atoms with Crippen LogP contribution in [0, 0.1) is 5.82 Å². The molecule has 29 heavy (non-hydrogen) atoms. The predicted octanol–water partition coefficient (Wildman–Crippen LogP) is 3.79. The Kier molecular flexibility index (Phi) is 5.15. The number of sulfonamides is 1. The van der Waals surface area contributed by atoms with Crippen LogP contribution in [0.3, 0.4) is 0 Å². The zero-order chi connectivity index (χ0) is 20.6. The molecule has 0 amide bonds. The summed E-state index contributed by atoms with van der Waals surface area (Å²) >= 11 is 1.46. The lowest BCUT2D eigenvalue weighted by atomic mass is 10.2. The van der Waals surface area contributed by atoms with Crippen molar-refractivity contribution in [3.63, 3.8) is 0 Å². The van der Waals surface area contributed by atoms with E-state index in [9.17, 15) is 12.8 Å². The van der Waals surface area contributed by atoms with Crippen LogP contribution in [0.4, 0.5) is 4.39 Å². The summed E-state index contributed by atoms with van der Waals surface area (Å²) in [6, 6.07) is 10.6. The summed E-state index contributed by atoms with van der Waals surface area (Å²) in [6.45, 7) is 2.66. The fourth-order valence-electron chi connectivity index (χ4n) is 2.92. The Morgan fingerprint density at radius 2 is 1.93 bits per heavy atom. The Balaban J connectivity index is 1.57. The van der Waals surface area contributed by atoms with Crippen LogP contribution in [0.15, 0.2) is 63.2 Å². The largest absolute Gasteiger partial charge is 0.444 e. The number of benzene rings is 2. The van der Waals surface area contributed by atoms with E-state index in [4.69, 9.17) is 9.56 Å². The quantitative estimate of drug-likeness (QED) is 0.465. The van der Waals surface area contributed by atoms with Crippen LogP contribution in [-0.2, 0) is 22.3 Å². The van der Waals surface area contributed by atoms with Gasteiger partial charge in [-0.1, -0.05) is 11.8 Å². The third kappa shape index (κ3) is 4.04. The third-order valence-corrected chi connectivity index (χ3v) is 6.24. The number of hydrogen-bond donors (Lipinski definition) is 1. The average Bonchev–Trinajstić information content (AvgIpc) is 3.29. The number of rotatable bonds is 6. The van der Waals surface area contributed by atoms with Gasteiger partial charge in [0.1, 0.15) is 12.1 Å². The van der Waals surface area contributed by atoms with E-state index < -0.39 is 10.0 Å². The fourth-order valence-corrected chi connectivity index (χ4v) is 4.41. The minimum absolute atomic E-state index is 0.0303. The topological polar surface area (TPSA) is 104 Å². The van der Waals surface area contributed by atoms with Gasteiger partial charge < -0.3 is 8.98 Å². The molecule has 2 N–H and O–H groups in total. The smallest absolute Gasteiger partial charge is 0.238 e. The zero-order valence-corrected chi connectivity index (χ0v) is 17.0. The van der Waals surface area contributed by atoms with E-state index >= 15 is 0 Å². The normalized spacial score (nSPS) is 12.0.